The van der Waals surface area contributed by atoms with Crippen molar-refractivity contribution in [2.24, 2.45) is 11.8 Å². The van der Waals surface area contributed by atoms with Gasteiger partial charge in [-0.1, -0.05) is 44.2 Å². The Hall–Kier alpha value is -2.57. The van der Waals surface area contributed by atoms with E-state index in [1.807, 2.05) is 44.2 Å². The lowest BCUT2D eigenvalue weighted by Gasteiger charge is -2.34. The predicted molar refractivity (Wildman–Crippen MR) is 102 cm³/mol. The highest BCUT2D eigenvalue weighted by molar-refractivity contribution is 5.84. The number of rotatable bonds is 7. The van der Waals surface area contributed by atoms with Gasteiger partial charge in [-0.15, -0.1) is 0 Å². The number of hydrogen-bond donors (Lipinski definition) is 2. The summed E-state index contributed by atoms with van der Waals surface area (Å²) < 4.78 is 0. The second kappa shape index (κ2) is 9.94. The van der Waals surface area contributed by atoms with Crippen molar-refractivity contribution in [3.63, 3.8) is 0 Å². The predicted octanol–water partition coefficient (Wildman–Crippen LogP) is 2.18. The van der Waals surface area contributed by atoms with Crippen LogP contribution in [-0.4, -0.2) is 59.0 Å². The van der Waals surface area contributed by atoms with E-state index in [2.05, 4.69) is 5.32 Å². The largest absolute Gasteiger partial charge is 0.480 e. The normalized spacial score (nSPS) is 16.9. The highest BCUT2D eigenvalue weighted by atomic mass is 16.4. The van der Waals surface area contributed by atoms with E-state index in [1.165, 1.54) is 4.90 Å². The molecule has 0 radical (unpaired) electrons. The molecule has 7 nitrogen and oxygen atoms in total. The fraction of sp³-hybridized carbons (Fsp3) is 0.550. The van der Waals surface area contributed by atoms with Crippen LogP contribution in [0.3, 0.4) is 0 Å². The Morgan fingerprint density at radius 3 is 2.59 bits per heavy atom. The maximum atomic E-state index is 13.0. The van der Waals surface area contributed by atoms with Gasteiger partial charge in [0.05, 0.1) is 5.92 Å². The Balaban J connectivity index is 2.02. The molecule has 7 heteroatoms. The quantitative estimate of drug-likeness (QED) is 0.764. The molecule has 2 rings (SSSR count). The lowest BCUT2D eigenvalue weighted by molar-refractivity contribution is -0.147. The summed E-state index contributed by atoms with van der Waals surface area (Å²) in [6.45, 7) is 5.49. The molecule has 0 aliphatic carbocycles. The number of carboxylic acid groups (broad SMARTS) is 1. The molecule has 1 aromatic carbocycles. The summed E-state index contributed by atoms with van der Waals surface area (Å²) in [4.78, 5) is 39.6. The molecule has 27 heavy (non-hydrogen) atoms. The van der Waals surface area contributed by atoms with Crippen molar-refractivity contribution in [2.75, 3.05) is 26.2 Å². The minimum atomic E-state index is -1.04. The number of carbonyl (C=O) groups is 3. The number of piperidine rings is 1. The van der Waals surface area contributed by atoms with Gasteiger partial charge in [-0.3, -0.25) is 9.59 Å². The summed E-state index contributed by atoms with van der Waals surface area (Å²) in [7, 11) is 0. The van der Waals surface area contributed by atoms with E-state index in [1.54, 1.807) is 4.90 Å². The monoisotopic (exact) mass is 375 g/mol. The molecule has 1 aliphatic rings. The maximum Gasteiger partial charge on any atom is 0.323 e. The number of likely N-dealkylation sites (tertiary alicyclic amines) is 1. The van der Waals surface area contributed by atoms with Crippen LogP contribution < -0.4 is 5.32 Å². The average molecular weight is 375 g/mol. The molecule has 1 aliphatic heterocycles. The first-order valence-corrected chi connectivity index (χ1v) is 9.44. The highest BCUT2D eigenvalue weighted by Gasteiger charge is 2.32. The number of carboxylic acids is 1. The van der Waals surface area contributed by atoms with E-state index in [-0.39, 0.29) is 30.9 Å². The topological polar surface area (TPSA) is 90.0 Å². The average Bonchev–Trinajstić information content (AvgIpc) is 2.65. The molecule has 0 spiro atoms. The molecule has 2 N–H and O–H groups in total. The molecule has 0 aromatic heterocycles. The van der Waals surface area contributed by atoms with Gasteiger partial charge in [-0.25, -0.2) is 4.79 Å². The molecule has 0 bridgehead atoms. The number of urea groups is 1. The van der Waals surface area contributed by atoms with Gasteiger partial charge in [0, 0.05) is 26.2 Å². The van der Waals surface area contributed by atoms with Crippen LogP contribution >= 0.6 is 0 Å². The van der Waals surface area contributed by atoms with Crippen molar-refractivity contribution in [1.82, 2.24) is 15.1 Å². The van der Waals surface area contributed by atoms with E-state index >= 15 is 0 Å². The minimum Gasteiger partial charge on any atom is -0.480 e. The molecule has 1 unspecified atom stereocenters. The number of benzene rings is 1. The first kappa shape index (κ1) is 20.7. The molecule has 1 heterocycles. The van der Waals surface area contributed by atoms with Crippen LogP contribution in [0.15, 0.2) is 30.3 Å². The van der Waals surface area contributed by atoms with Crippen molar-refractivity contribution in [3.8, 4) is 0 Å². The first-order valence-electron chi connectivity index (χ1n) is 9.44. The molecule has 3 amide bonds. The van der Waals surface area contributed by atoms with Crippen LogP contribution in [-0.2, 0) is 16.1 Å². The SMILES string of the molecule is CC(C)CNC(=O)N1CCCC(C(=O)N(CC(=O)O)Cc2ccccc2)C1. The van der Waals surface area contributed by atoms with Gasteiger partial charge in [0.15, 0.2) is 0 Å². The van der Waals surface area contributed by atoms with Crippen molar-refractivity contribution in [3.05, 3.63) is 35.9 Å². The van der Waals surface area contributed by atoms with Gasteiger partial charge in [0.2, 0.25) is 5.91 Å². The van der Waals surface area contributed by atoms with Crippen molar-refractivity contribution in [1.29, 1.82) is 0 Å². The van der Waals surface area contributed by atoms with Gasteiger partial charge in [0.25, 0.3) is 0 Å². The van der Waals surface area contributed by atoms with E-state index in [0.29, 0.717) is 32.0 Å². The van der Waals surface area contributed by atoms with E-state index < -0.39 is 5.97 Å². The third-order valence-electron chi connectivity index (χ3n) is 4.57. The van der Waals surface area contributed by atoms with Gasteiger partial charge in [-0.2, -0.15) is 0 Å². The number of aliphatic carboxylic acids is 1. The zero-order valence-corrected chi connectivity index (χ0v) is 16.1. The fourth-order valence-corrected chi connectivity index (χ4v) is 3.20. The number of hydrogen-bond acceptors (Lipinski definition) is 3. The minimum absolute atomic E-state index is 0.158. The number of nitrogens with zero attached hydrogens (tertiary/aromatic N) is 2. The second-order valence-electron chi connectivity index (χ2n) is 7.44. The Morgan fingerprint density at radius 1 is 1.26 bits per heavy atom. The van der Waals surface area contributed by atoms with Crippen LogP contribution in [0, 0.1) is 11.8 Å². The van der Waals surface area contributed by atoms with Crippen molar-refractivity contribution < 1.29 is 19.5 Å². The van der Waals surface area contributed by atoms with Crippen LogP contribution in [0.25, 0.3) is 0 Å². The van der Waals surface area contributed by atoms with Crippen LogP contribution in [0.2, 0.25) is 0 Å². The van der Waals surface area contributed by atoms with Crippen molar-refractivity contribution >= 4 is 17.9 Å². The van der Waals surface area contributed by atoms with Gasteiger partial charge < -0.3 is 20.2 Å². The number of carbonyl (C=O) groups excluding carboxylic acids is 2. The molecule has 0 saturated carbocycles. The standard InChI is InChI=1S/C20H29N3O4/c1-15(2)11-21-20(27)22-10-6-9-17(13-22)19(26)23(14-18(24)25)12-16-7-4-3-5-8-16/h3-5,7-8,15,17H,6,9-14H2,1-2H3,(H,21,27)(H,24,25). The number of nitrogens with one attached hydrogen (secondary N) is 1. The van der Waals surface area contributed by atoms with Crippen LogP contribution in [0.4, 0.5) is 4.79 Å². The second-order valence-corrected chi connectivity index (χ2v) is 7.44. The van der Waals surface area contributed by atoms with Gasteiger partial charge in [0.1, 0.15) is 6.54 Å². The summed E-state index contributed by atoms with van der Waals surface area (Å²) in [6.07, 6.45) is 1.40. The third kappa shape index (κ3) is 6.58. The Bertz CT molecular complexity index is 648. The lowest BCUT2D eigenvalue weighted by Crippen LogP contribution is -2.50. The zero-order valence-electron chi connectivity index (χ0n) is 16.1. The van der Waals surface area contributed by atoms with E-state index in [0.717, 1.165) is 12.0 Å². The molecule has 1 aromatic rings. The van der Waals surface area contributed by atoms with E-state index in [9.17, 15) is 19.5 Å². The smallest absolute Gasteiger partial charge is 0.323 e. The summed E-state index contributed by atoms with van der Waals surface area (Å²) in [5, 5.41) is 12.1. The van der Waals surface area contributed by atoms with Crippen LogP contribution in [0.5, 0.6) is 0 Å². The molecule has 1 fully saturated rings. The maximum absolute atomic E-state index is 13.0. The third-order valence-corrected chi connectivity index (χ3v) is 4.57. The van der Waals surface area contributed by atoms with Crippen molar-refractivity contribution in [2.45, 2.75) is 33.2 Å². The first-order chi connectivity index (χ1) is 12.9. The molecular formula is C20H29N3O4. The molecule has 1 saturated heterocycles. The molecule has 148 valence electrons. The summed E-state index contributed by atoms with van der Waals surface area (Å²) in [5.41, 5.74) is 0.884. The summed E-state index contributed by atoms with van der Waals surface area (Å²) in [5.74, 6) is -1.26. The molecular weight excluding hydrogens is 346 g/mol. The fourth-order valence-electron chi connectivity index (χ4n) is 3.20. The Labute approximate surface area is 160 Å². The van der Waals surface area contributed by atoms with Gasteiger partial charge in [-0.05, 0) is 24.3 Å². The zero-order chi connectivity index (χ0) is 19.8. The Kier molecular flexibility index (Phi) is 7.64. The van der Waals surface area contributed by atoms with E-state index in [4.69, 9.17) is 0 Å². The summed E-state index contributed by atoms with van der Waals surface area (Å²) in [6, 6.07) is 9.18. The number of amides is 3. The Morgan fingerprint density at radius 2 is 1.96 bits per heavy atom. The van der Waals surface area contributed by atoms with Gasteiger partial charge >= 0.3 is 12.0 Å². The highest BCUT2D eigenvalue weighted by Crippen LogP contribution is 2.20. The molecule has 1 atom stereocenters. The van der Waals surface area contributed by atoms with Crippen LogP contribution in [0.1, 0.15) is 32.3 Å². The summed E-state index contributed by atoms with van der Waals surface area (Å²) >= 11 is 0. The lowest BCUT2D eigenvalue weighted by atomic mass is 9.96.